The highest BCUT2D eigenvalue weighted by atomic mass is 35.5. The molecule has 1 unspecified atom stereocenters. The molecule has 0 saturated carbocycles. The van der Waals surface area contributed by atoms with E-state index >= 15 is 0 Å². The number of benzene rings is 1. The first kappa shape index (κ1) is 20.6. The van der Waals surface area contributed by atoms with Crippen LogP contribution >= 0.6 is 22.9 Å². The van der Waals surface area contributed by atoms with Gasteiger partial charge in [-0.2, -0.15) is 0 Å². The van der Waals surface area contributed by atoms with Gasteiger partial charge in [0.15, 0.2) is 9.84 Å². The number of amides is 1. The van der Waals surface area contributed by atoms with Crippen molar-refractivity contribution in [2.45, 2.75) is 19.1 Å². The van der Waals surface area contributed by atoms with E-state index in [-0.39, 0.29) is 23.5 Å². The molecule has 2 fully saturated rings. The van der Waals surface area contributed by atoms with Gasteiger partial charge in [0.2, 0.25) is 0 Å². The highest BCUT2D eigenvalue weighted by Gasteiger charge is 2.34. The molecule has 2 saturated heterocycles. The summed E-state index contributed by atoms with van der Waals surface area (Å²) in [5.74, 6) is 1.13. The van der Waals surface area contributed by atoms with E-state index in [1.165, 1.54) is 11.3 Å². The molecule has 1 aromatic carbocycles. The van der Waals surface area contributed by atoms with Gasteiger partial charge in [-0.15, -0.1) is 11.3 Å². The number of hydrogen-bond acceptors (Lipinski definition) is 7. The van der Waals surface area contributed by atoms with Crippen LogP contribution in [0.3, 0.4) is 0 Å². The first-order chi connectivity index (χ1) is 13.9. The van der Waals surface area contributed by atoms with E-state index in [4.69, 9.17) is 16.3 Å². The Hall–Kier alpha value is -1.68. The summed E-state index contributed by atoms with van der Waals surface area (Å²) in [6.07, 6.45) is 0.694. The lowest BCUT2D eigenvalue weighted by molar-refractivity contribution is 0.0583. The van der Waals surface area contributed by atoms with Gasteiger partial charge in [0.1, 0.15) is 23.1 Å². The lowest BCUT2D eigenvalue weighted by Crippen LogP contribution is -2.52. The molecule has 156 valence electrons. The Morgan fingerprint density at radius 1 is 1.21 bits per heavy atom. The first-order valence-corrected chi connectivity index (χ1v) is 12.5. The molecular formula is C19H22ClN3O4S2. The van der Waals surface area contributed by atoms with Crippen molar-refractivity contribution in [2.24, 2.45) is 0 Å². The van der Waals surface area contributed by atoms with Crippen LogP contribution in [0, 0.1) is 0 Å². The van der Waals surface area contributed by atoms with E-state index in [9.17, 15) is 13.2 Å². The summed E-state index contributed by atoms with van der Waals surface area (Å²) in [7, 11) is -2.89. The second-order valence-electron chi connectivity index (χ2n) is 7.25. The van der Waals surface area contributed by atoms with Crippen LogP contribution in [0.2, 0.25) is 5.02 Å². The SMILES string of the molecule is O=C(c1csc(COc2ccc(Cl)cc2)n1)N1CCN(C2CCS(=O)(=O)C2)CC1. The predicted molar refractivity (Wildman–Crippen MR) is 112 cm³/mol. The predicted octanol–water partition coefficient (Wildman–Crippen LogP) is 2.32. The number of carbonyl (C=O) groups is 1. The van der Waals surface area contributed by atoms with Gasteiger partial charge in [-0.1, -0.05) is 11.6 Å². The van der Waals surface area contributed by atoms with Crippen LogP contribution < -0.4 is 4.74 Å². The number of carbonyl (C=O) groups excluding carboxylic acids is 1. The first-order valence-electron chi connectivity index (χ1n) is 9.46. The molecule has 2 aliphatic rings. The van der Waals surface area contributed by atoms with Crippen LogP contribution in [0.25, 0.3) is 0 Å². The summed E-state index contributed by atoms with van der Waals surface area (Å²) in [6.45, 7) is 2.86. The molecular weight excluding hydrogens is 434 g/mol. The normalized spacial score (nSPS) is 22.0. The highest BCUT2D eigenvalue weighted by molar-refractivity contribution is 7.91. The third-order valence-electron chi connectivity index (χ3n) is 5.27. The van der Waals surface area contributed by atoms with Crippen LogP contribution in [0.4, 0.5) is 0 Å². The summed E-state index contributed by atoms with van der Waals surface area (Å²) in [5, 5.41) is 3.14. The Bertz CT molecular complexity index is 970. The molecule has 2 aromatic rings. The molecule has 1 aromatic heterocycles. The van der Waals surface area contributed by atoms with Gasteiger partial charge in [-0.05, 0) is 30.7 Å². The zero-order valence-corrected chi connectivity index (χ0v) is 18.2. The number of sulfone groups is 1. The van der Waals surface area contributed by atoms with E-state index in [2.05, 4.69) is 9.88 Å². The fraction of sp³-hybridized carbons (Fsp3) is 0.474. The minimum Gasteiger partial charge on any atom is -0.486 e. The van der Waals surface area contributed by atoms with Gasteiger partial charge < -0.3 is 9.64 Å². The van der Waals surface area contributed by atoms with Crippen molar-refractivity contribution in [1.29, 1.82) is 0 Å². The van der Waals surface area contributed by atoms with Gasteiger partial charge in [0.05, 0.1) is 11.5 Å². The summed E-state index contributed by atoms with van der Waals surface area (Å²) in [6, 6.07) is 7.18. The molecule has 10 heteroatoms. The maximum Gasteiger partial charge on any atom is 0.273 e. The Morgan fingerprint density at radius 3 is 2.59 bits per heavy atom. The zero-order valence-electron chi connectivity index (χ0n) is 15.8. The minimum absolute atomic E-state index is 0.0855. The van der Waals surface area contributed by atoms with Crippen molar-refractivity contribution in [3.8, 4) is 5.75 Å². The van der Waals surface area contributed by atoms with Gasteiger partial charge >= 0.3 is 0 Å². The smallest absolute Gasteiger partial charge is 0.273 e. The Balaban J connectivity index is 1.28. The summed E-state index contributed by atoms with van der Waals surface area (Å²) < 4.78 is 29.1. The quantitative estimate of drug-likeness (QED) is 0.688. The van der Waals surface area contributed by atoms with Crippen molar-refractivity contribution in [1.82, 2.24) is 14.8 Å². The second kappa shape index (κ2) is 8.59. The topological polar surface area (TPSA) is 79.8 Å². The molecule has 4 rings (SSSR count). The average molecular weight is 456 g/mol. The molecule has 7 nitrogen and oxygen atoms in total. The summed E-state index contributed by atoms with van der Waals surface area (Å²) >= 11 is 7.26. The molecule has 1 amide bonds. The molecule has 29 heavy (non-hydrogen) atoms. The number of thiazole rings is 1. The fourth-order valence-electron chi connectivity index (χ4n) is 3.67. The Morgan fingerprint density at radius 2 is 1.93 bits per heavy atom. The number of piperazine rings is 1. The molecule has 3 heterocycles. The number of hydrogen-bond donors (Lipinski definition) is 0. The average Bonchev–Trinajstić information content (AvgIpc) is 3.33. The monoisotopic (exact) mass is 455 g/mol. The van der Waals surface area contributed by atoms with Crippen LogP contribution in [0.1, 0.15) is 21.9 Å². The van der Waals surface area contributed by atoms with Crippen LogP contribution in [0.15, 0.2) is 29.6 Å². The van der Waals surface area contributed by atoms with Gasteiger partial charge in [0, 0.05) is 42.6 Å². The van der Waals surface area contributed by atoms with Crippen LogP contribution in [-0.4, -0.2) is 72.8 Å². The lowest BCUT2D eigenvalue weighted by atomic mass is 10.2. The molecule has 0 radical (unpaired) electrons. The van der Waals surface area contributed by atoms with E-state index in [1.807, 2.05) is 0 Å². The van der Waals surface area contributed by atoms with E-state index in [1.54, 1.807) is 34.5 Å². The maximum absolute atomic E-state index is 12.8. The summed E-state index contributed by atoms with van der Waals surface area (Å²) in [4.78, 5) is 21.2. The van der Waals surface area contributed by atoms with Crippen molar-refractivity contribution >= 4 is 38.7 Å². The molecule has 0 bridgehead atoms. The minimum atomic E-state index is -2.89. The van der Waals surface area contributed by atoms with E-state index < -0.39 is 9.84 Å². The van der Waals surface area contributed by atoms with Crippen LogP contribution in [0.5, 0.6) is 5.75 Å². The number of rotatable bonds is 5. The van der Waals surface area contributed by atoms with Gasteiger partial charge in [-0.3, -0.25) is 9.69 Å². The molecule has 0 aliphatic carbocycles. The molecule has 1 atom stereocenters. The third-order valence-corrected chi connectivity index (χ3v) is 8.10. The number of nitrogens with zero attached hydrogens (tertiary/aromatic N) is 3. The molecule has 0 N–H and O–H groups in total. The van der Waals surface area contributed by atoms with Crippen molar-refractivity contribution in [3.05, 3.63) is 45.4 Å². The lowest BCUT2D eigenvalue weighted by Gasteiger charge is -2.37. The number of ether oxygens (including phenoxy) is 1. The standard InChI is InChI=1S/C19H22ClN3O4S2/c20-14-1-3-16(4-2-14)27-11-18-21-17(12-28-18)19(24)23-8-6-22(7-9-23)15-5-10-29(25,26)13-15/h1-4,12,15H,5-11,13H2. The van der Waals surface area contributed by atoms with Gasteiger partial charge in [-0.25, -0.2) is 13.4 Å². The largest absolute Gasteiger partial charge is 0.486 e. The van der Waals surface area contributed by atoms with Crippen molar-refractivity contribution < 1.29 is 17.9 Å². The zero-order chi connectivity index (χ0) is 20.4. The maximum atomic E-state index is 12.8. The summed E-state index contributed by atoms with van der Waals surface area (Å²) in [5.41, 5.74) is 0.432. The van der Waals surface area contributed by atoms with E-state index in [0.717, 1.165) is 5.01 Å². The molecule has 0 spiro atoms. The third kappa shape index (κ3) is 5.09. The highest BCUT2D eigenvalue weighted by Crippen LogP contribution is 2.21. The van der Waals surface area contributed by atoms with Crippen LogP contribution in [-0.2, 0) is 16.4 Å². The second-order valence-corrected chi connectivity index (χ2v) is 10.9. The van der Waals surface area contributed by atoms with E-state index in [0.29, 0.717) is 55.7 Å². The number of aromatic nitrogens is 1. The van der Waals surface area contributed by atoms with Gasteiger partial charge in [0.25, 0.3) is 5.91 Å². The van der Waals surface area contributed by atoms with Crippen molar-refractivity contribution in [2.75, 3.05) is 37.7 Å². The molecule has 2 aliphatic heterocycles. The fourth-order valence-corrected chi connectivity index (χ4v) is 6.23. The Kier molecular flexibility index (Phi) is 6.10. The number of halogens is 1. The Labute approximate surface area is 179 Å². The van der Waals surface area contributed by atoms with Crippen molar-refractivity contribution in [3.63, 3.8) is 0 Å².